The zero-order valence-corrected chi connectivity index (χ0v) is 13.3. The van der Waals surface area contributed by atoms with E-state index in [0.717, 1.165) is 11.3 Å². The molecule has 0 radical (unpaired) electrons. The minimum atomic E-state index is -0.0457. The number of nitrogens with one attached hydrogen (secondary N) is 1. The second-order valence-corrected chi connectivity index (χ2v) is 6.47. The van der Waals surface area contributed by atoms with Gasteiger partial charge < -0.3 is 5.32 Å². The first-order valence-corrected chi connectivity index (χ1v) is 8.19. The van der Waals surface area contributed by atoms with E-state index in [4.69, 9.17) is 0 Å². The van der Waals surface area contributed by atoms with Gasteiger partial charge in [-0.3, -0.25) is 4.79 Å². The van der Waals surface area contributed by atoms with E-state index in [1.807, 2.05) is 25.1 Å². The third-order valence-corrected chi connectivity index (χ3v) is 4.51. The molecule has 0 aliphatic rings. The average molecular weight is 299 g/mol. The largest absolute Gasteiger partial charge is 0.351 e. The molecular weight excluding hydrogens is 278 g/mol. The average Bonchev–Trinajstić information content (AvgIpc) is 2.52. The lowest BCUT2D eigenvalue weighted by atomic mass is 10.1. The quantitative estimate of drug-likeness (QED) is 0.875. The number of amides is 1. The summed E-state index contributed by atoms with van der Waals surface area (Å²) in [4.78, 5) is 12.1. The van der Waals surface area contributed by atoms with Crippen LogP contribution in [-0.4, -0.2) is 11.2 Å². The fraction of sp³-hybridized carbons (Fsp3) is 0.278. The third kappa shape index (κ3) is 5.27. The minimum Gasteiger partial charge on any atom is -0.351 e. The molecule has 0 bridgehead atoms. The van der Waals surface area contributed by atoms with Crippen molar-refractivity contribution in [2.75, 3.05) is 0 Å². The molecule has 0 heterocycles. The van der Waals surface area contributed by atoms with Crippen LogP contribution in [0.25, 0.3) is 0 Å². The van der Waals surface area contributed by atoms with E-state index in [2.05, 4.69) is 48.6 Å². The van der Waals surface area contributed by atoms with Crippen LogP contribution in [0.1, 0.15) is 23.6 Å². The molecule has 0 spiro atoms. The summed E-state index contributed by atoms with van der Waals surface area (Å²) in [6.07, 6.45) is 0. The lowest BCUT2D eigenvalue weighted by molar-refractivity contribution is -0.120. The number of benzene rings is 2. The molecule has 3 heteroatoms. The van der Waals surface area contributed by atoms with E-state index in [0.29, 0.717) is 6.54 Å². The molecule has 0 saturated carbocycles. The first-order chi connectivity index (χ1) is 10.1. The normalized spacial score (nSPS) is 11.9. The lowest BCUT2D eigenvalue weighted by Crippen LogP contribution is -2.30. The van der Waals surface area contributed by atoms with E-state index < -0.39 is 0 Å². The van der Waals surface area contributed by atoms with E-state index in [1.165, 1.54) is 11.1 Å². The van der Waals surface area contributed by atoms with Gasteiger partial charge in [0.15, 0.2) is 0 Å². The van der Waals surface area contributed by atoms with Crippen molar-refractivity contribution < 1.29 is 4.79 Å². The van der Waals surface area contributed by atoms with Crippen LogP contribution in [-0.2, 0) is 17.1 Å². The fourth-order valence-corrected chi connectivity index (χ4v) is 2.78. The van der Waals surface area contributed by atoms with E-state index in [1.54, 1.807) is 11.8 Å². The Morgan fingerprint density at radius 3 is 2.38 bits per heavy atom. The predicted molar refractivity (Wildman–Crippen MR) is 90.2 cm³/mol. The molecule has 2 aromatic carbocycles. The molecule has 21 heavy (non-hydrogen) atoms. The SMILES string of the molecule is Cc1ccc(CNC(=O)[C@H](C)SCc2ccccc2)cc1. The first-order valence-electron chi connectivity index (χ1n) is 7.14. The van der Waals surface area contributed by atoms with Crippen molar-refractivity contribution in [3.63, 3.8) is 0 Å². The molecule has 0 saturated heterocycles. The van der Waals surface area contributed by atoms with Gasteiger partial charge in [0, 0.05) is 12.3 Å². The number of thioether (sulfide) groups is 1. The van der Waals surface area contributed by atoms with Crippen LogP contribution in [0, 0.1) is 6.92 Å². The molecule has 0 fully saturated rings. The summed E-state index contributed by atoms with van der Waals surface area (Å²) in [6.45, 7) is 4.61. The standard InChI is InChI=1S/C18H21NOS/c1-14-8-10-16(11-9-14)12-19-18(20)15(2)21-13-17-6-4-3-5-7-17/h3-11,15H,12-13H2,1-2H3,(H,19,20)/t15-/m0/s1. The van der Waals surface area contributed by atoms with E-state index in [9.17, 15) is 4.79 Å². The van der Waals surface area contributed by atoms with E-state index >= 15 is 0 Å². The van der Waals surface area contributed by atoms with Gasteiger partial charge >= 0.3 is 0 Å². The molecule has 0 aromatic heterocycles. The van der Waals surface area contributed by atoms with Gasteiger partial charge in [-0.05, 0) is 25.0 Å². The first kappa shape index (κ1) is 15.6. The highest BCUT2D eigenvalue weighted by molar-refractivity contribution is 7.99. The number of hydrogen-bond donors (Lipinski definition) is 1. The van der Waals surface area contributed by atoms with Gasteiger partial charge in [0.05, 0.1) is 5.25 Å². The molecule has 2 rings (SSSR count). The monoisotopic (exact) mass is 299 g/mol. The Labute approximate surface area is 131 Å². The summed E-state index contributed by atoms with van der Waals surface area (Å²) in [5.74, 6) is 0.955. The maximum Gasteiger partial charge on any atom is 0.233 e. The number of hydrogen-bond acceptors (Lipinski definition) is 2. The van der Waals surface area contributed by atoms with Crippen LogP contribution in [0.4, 0.5) is 0 Å². The predicted octanol–water partition coefficient (Wildman–Crippen LogP) is 3.93. The Balaban J connectivity index is 1.76. The summed E-state index contributed by atoms with van der Waals surface area (Å²) in [5, 5.41) is 2.95. The Kier molecular flexibility index (Phi) is 5.88. The minimum absolute atomic E-state index is 0.0457. The highest BCUT2D eigenvalue weighted by Gasteiger charge is 2.12. The van der Waals surface area contributed by atoms with Gasteiger partial charge in [0.25, 0.3) is 0 Å². The highest BCUT2D eigenvalue weighted by atomic mass is 32.2. The van der Waals surface area contributed by atoms with Crippen molar-refractivity contribution in [1.29, 1.82) is 0 Å². The zero-order valence-electron chi connectivity index (χ0n) is 12.5. The summed E-state index contributed by atoms with van der Waals surface area (Å²) in [7, 11) is 0. The van der Waals surface area contributed by atoms with Crippen molar-refractivity contribution in [3.05, 3.63) is 71.3 Å². The number of aryl methyl sites for hydroxylation is 1. The Bertz CT molecular complexity index is 566. The van der Waals surface area contributed by atoms with Crippen LogP contribution in [0.15, 0.2) is 54.6 Å². The molecule has 1 amide bonds. The molecule has 0 aliphatic heterocycles. The molecule has 2 aromatic rings. The Hall–Kier alpha value is -1.74. The zero-order chi connectivity index (χ0) is 15.1. The van der Waals surface area contributed by atoms with Crippen LogP contribution in [0.5, 0.6) is 0 Å². The van der Waals surface area contributed by atoms with Crippen molar-refractivity contribution in [2.45, 2.75) is 31.4 Å². The molecular formula is C18H21NOS. The third-order valence-electron chi connectivity index (χ3n) is 3.30. The van der Waals surface area contributed by atoms with Crippen molar-refractivity contribution >= 4 is 17.7 Å². The maximum atomic E-state index is 12.1. The number of carbonyl (C=O) groups excluding carboxylic acids is 1. The maximum absolute atomic E-state index is 12.1. The number of carbonyl (C=O) groups is 1. The smallest absolute Gasteiger partial charge is 0.233 e. The van der Waals surface area contributed by atoms with Gasteiger partial charge in [0.1, 0.15) is 0 Å². The van der Waals surface area contributed by atoms with Gasteiger partial charge in [0.2, 0.25) is 5.91 Å². The van der Waals surface area contributed by atoms with Crippen LogP contribution in [0.3, 0.4) is 0 Å². The highest BCUT2D eigenvalue weighted by Crippen LogP contribution is 2.17. The van der Waals surface area contributed by atoms with Gasteiger partial charge in [-0.1, -0.05) is 60.2 Å². The number of rotatable bonds is 6. The van der Waals surface area contributed by atoms with Gasteiger partial charge in [-0.2, -0.15) is 0 Å². The van der Waals surface area contributed by atoms with Crippen LogP contribution < -0.4 is 5.32 Å². The fourth-order valence-electron chi connectivity index (χ4n) is 1.91. The van der Waals surface area contributed by atoms with Gasteiger partial charge in [-0.25, -0.2) is 0 Å². The van der Waals surface area contributed by atoms with Gasteiger partial charge in [-0.15, -0.1) is 11.8 Å². The molecule has 2 nitrogen and oxygen atoms in total. The lowest BCUT2D eigenvalue weighted by Gasteiger charge is -2.12. The van der Waals surface area contributed by atoms with E-state index in [-0.39, 0.29) is 11.2 Å². The van der Waals surface area contributed by atoms with Crippen molar-refractivity contribution in [3.8, 4) is 0 Å². The Morgan fingerprint density at radius 1 is 1.05 bits per heavy atom. The molecule has 1 atom stereocenters. The van der Waals surface area contributed by atoms with Crippen LogP contribution in [0.2, 0.25) is 0 Å². The molecule has 0 unspecified atom stereocenters. The summed E-state index contributed by atoms with van der Waals surface area (Å²) >= 11 is 1.66. The summed E-state index contributed by atoms with van der Waals surface area (Å²) < 4.78 is 0. The summed E-state index contributed by atoms with van der Waals surface area (Å²) in [6, 6.07) is 18.5. The molecule has 0 aliphatic carbocycles. The van der Waals surface area contributed by atoms with Crippen LogP contribution >= 0.6 is 11.8 Å². The van der Waals surface area contributed by atoms with Crippen molar-refractivity contribution in [2.24, 2.45) is 0 Å². The second kappa shape index (κ2) is 7.89. The second-order valence-electron chi connectivity index (χ2n) is 5.14. The van der Waals surface area contributed by atoms with Crippen molar-refractivity contribution in [1.82, 2.24) is 5.32 Å². The summed E-state index contributed by atoms with van der Waals surface area (Å²) in [5.41, 5.74) is 3.62. The molecule has 1 N–H and O–H groups in total. The Morgan fingerprint density at radius 2 is 1.71 bits per heavy atom. The topological polar surface area (TPSA) is 29.1 Å². The molecule has 110 valence electrons.